The lowest BCUT2D eigenvalue weighted by Crippen LogP contribution is -2.53. The van der Waals surface area contributed by atoms with Crippen LogP contribution in [0.2, 0.25) is 0 Å². The van der Waals surface area contributed by atoms with Gasteiger partial charge in [-0.2, -0.15) is 0 Å². The number of hydrogen-bond donors (Lipinski definition) is 0. The van der Waals surface area contributed by atoms with E-state index in [0.29, 0.717) is 25.0 Å². The molecule has 0 aromatic carbocycles. The summed E-state index contributed by atoms with van der Waals surface area (Å²) in [4.78, 5) is 23.8. The zero-order chi connectivity index (χ0) is 19.1. The summed E-state index contributed by atoms with van der Waals surface area (Å²) in [7, 11) is 0. The molecule has 4 unspecified atom stereocenters. The van der Waals surface area contributed by atoms with Gasteiger partial charge < -0.3 is 13.9 Å². The second-order valence-electron chi connectivity index (χ2n) is 8.66. The Morgan fingerprint density at radius 2 is 2.22 bits per heavy atom. The Balaban J connectivity index is 1.65. The zero-order valence-corrected chi connectivity index (χ0v) is 16.2. The van der Waals surface area contributed by atoms with Crippen molar-refractivity contribution in [2.45, 2.75) is 52.4 Å². The van der Waals surface area contributed by atoms with Crippen molar-refractivity contribution < 1.29 is 23.5 Å². The van der Waals surface area contributed by atoms with Gasteiger partial charge in [-0.3, -0.25) is 4.79 Å². The maximum atomic E-state index is 12.3. The number of cyclic esters (lactones) is 1. The quantitative estimate of drug-likeness (QED) is 0.729. The van der Waals surface area contributed by atoms with Crippen LogP contribution >= 0.6 is 0 Å². The molecule has 5 nitrogen and oxygen atoms in total. The van der Waals surface area contributed by atoms with Gasteiger partial charge in [0.15, 0.2) is 0 Å². The number of allylic oxidation sites excluding steroid dienone is 1. The normalized spacial score (nSPS) is 35.0. The first-order valence-electron chi connectivity index (χ1n) is 9.98. The van der Waals surface area contributed by atoms with Crippen LogP contribution in [-0.2, 0) is 25.5 Å². The predicted molar refractivity (Wildman–Crippen MR) is 98.7 cm³/mol. The molecule has 1 spiro atoms. The van der Waals surface area contributed by atoms with E-state index in [9.17, 15) is 9.59 Å². The Hall–Kier alpha value is -2.04. The summed E-state index contributed by atoms with van der Waals surface area (Å²) < 4.78 is 16.2. The van der Waals surface area contributed by atoms with E-state index in [1.165, 1.54) is 12.5 Å². The molecule has 146 valence electrons. The number of furan rings is 1. The second kappa shape index (κ2) is 6.84. The van der Waals surface area contributed by atoms with Gasteiger partial charge in [-0.25, -0.2) is 4.79 Å². The van der Waals surface area contributed by atoms with Gasteiger partial charge in [0.2, 0.25) is 0 Å². The van der Waals surface area contributed by atoms with Gasteiger partial charge in [0.05, 0.1) is 19.1 Å². The Labute approximate surface area is 160 Å². The van der Waals surface area contributed by atoms with Gasteiger partial charge in [-0.05, 0) is 67.4 Å². The molecular weight excluding hydrogens is 344 g/mol. The molecule has 1 saturated carbocycles. The van der Waals surface area contributed by atoms with Gasteiger partial charge in [0.25, 0.3) is 0 Å². The van der Waals surface area contributed by atoms with E-state index in [1.54, 1.807) is 12.5 Å². The van der Waals surface area contributed by atoms with E-state index in [4.69, 9.17) is 13.9 Å². The number of rotatable bonds is 5. The largest absolute Gasteiger partial charge is 0.472 e. The average Bonchev–Trinajstić information content (AvgIpc) is 3.28. The van der Waals surface area contributed by atoms with E-state index in [1.807, 2.05) is 6.07 Å². The summed E-state index contributed by atoms with van der Waals surface area (Å²) >= 11 is 0. The minimum Gasteiger partial charge on any atom is -0.472 e. The second-order valence-corrected chi connectivity index (χ2v) is 8.66. The minimum absolute atomic E-state index is 0.0293. The van der Waals surface area contributed by atoms with Crippen molar-refractivity contribution in [3.8, 4) is 0 Å². The van der Waals surface area contributed by atoms with E-state index in [2.05, 4.69) is 13.0 Å². The fourth-order valence-electron chi connectivity index (χ4n) is 5.91. The molecular formula is C22H28O5. The highest BCUT2D eigenvalue weighted by atomic mass is 16.5. The summed E-state index contributed by atoms with van der Waals surface area (Å²) in [6.45, 7) is 4.76. The van der Waals surface area contributed by atoms with Crippen LogP contribution in [0.3, 0.4) is 0 Å². The first-order chi connectivity index (χ1) is 13.0. The molecule has 3 aliphatic rings. The minimum atomic E-state index is -0.226. The van der Waals surface area contributed by atoms with Crippen LogP contribution < -0.4 is 0 Å². The first kappa shape index (κ1) is 18.3. The zero-order valence-electron chi connectivity index (χ0n) is 16.2. The highest BCUT2D eigenvalue weighted by molar-refractivity contribution is 5.92. The van der Waals surface area contributed by atoms with Crippen molar-refractivity contribution in [3.05, 3.63) is 35.8 Å². The van der Waals surface area contributed by atoms with E-state index >= 15 is 0 Å². The number of carbonyl (C=O) groups is 2. The number of ether oxygens (including phenoxy) is 2. The number of esters is 2. The molecule has 2 heterocycles. The molecule has 2 aliphatic carbocycles. The monoisotopic (exact) mass is 372 g/mol. The molecule has 0 radical (unpaired) electrons. The fraction of sp³-hybridized carbons (Fsp3) is 0.636. The van der Waals surface area contributed by atoms with Gasteiger partial charge in [-0.1, -0.05) is 13.0 Å². The third-order valence-electron chi connectivity index (χ3n) is 7.38. The SMILES string of the molecule is CC(=O)OCC1CCC23COC(=O)C2=CCCC3C1(C)CCc1ccoc1. The summed E-state index contributed by atoms with van der Waals surface area (Å²) in [5.41, 5.74) is 1.90. The maximum Gasteiger partial charge on any atom is 0.334 e. The van der Waals surface area contributed by atoms with Crippen LogP contribution in [0.1, 0.15) is 51.5 Å². The Bertz CT molecular complexity index is 749. The molecule has 0 amide bonds. The Morgan fingerprint density at radius 1 is 1.37 bits per heavy atom. The molecule has 1 saturated heterocycles. The van der Waals surface area contributed by atoms with E-state index in [0.717, 1.165) is 44.1 Å². The molecule has 5 heteroatoms. The van der Waals surface area contributed by atoms with Crippen molar-refractivity contribution >= 4 is 11.9 Å². The predicted octanol–water partition coefficient (Wildman–Crippen LogP) is 4.07. The third-order valence-corrected chi connectivity index (χ3v) is 7.38. The van der Waals surface area contributed by atoms with Gasteiger partial charge in [-0.15, -0.1) is 0 Å². The van der Waals surface area contributed by atoms with Crippen LogP contribution in [0, 0.1) is 22.7 Å². The molecule has 27 heavy (non-hydrogen) atoms. The summed E-state index contributed by atoms with van der Waals surface area (Å²) in [6, 6.07) is 2.01. The van der Waals surface area contributed by atoms with Crippen LogP contribution in [0.4, 0.5) is 0 Å². The Kier molecular flexibility index (Phi) is 4.65. The molecule has 2 fully saturated rings. The highest BCUT2D eigenvalue weighted by Crippen LogP contribution is 2.63. The van der Waals surface area contributed by atoms with Crippen LogP contribution in [0.15, 0.2) is 34.7 Å². The smallest absolute Gasteiger partial charge is 0.334 e. The Morgan fingerprint density at radius 3 is 2.96 bits per heavy atom. The molecule has 1 aromatic heterocycles. The van der Waals surface area contributed by atoms with E-state index in [-0.39, 0.29) is 22.8 Å². The molecule has 0 bridgehead atoms. The number of aryl methyl sites for hydroxylation is 1. The molecule has 1 aromatic rings. The maximum absolute atomic E-state index is 12.3. The standard InChI is InChI=1S/C22H28O5/c1-15(23)26-13-17-7-10-22-14-27-20(24)18(22)4-3-5-19(22)21(17,2)9-6-16-8-11-25-12-16/h4,8,11-12,17,19H,3,5-7,9-10,13-14H2,1-2H3. The fourth-order valence-corrected chi connectivity index (χ4v) is 5.91. The molecule has 4 atom stereocenters. The van der Waals surface area contributed by atoms with Crippen LogP contribution in [0.5, 0.6) is 0 Å². The molecule has 4 rings (SSSR count). The average molecular weight is 372 g/mol. The van der Waals surface area contributed by atoms with Crippen molar-refractivity contribution in [2.24, 2.45) is 22.7 Å². The van der Waals surface area contributed by atoms with Gasteiger partial charge in [0, 0.05) is 17.9 Å². The van der Waals surface area contributed by atoms with Gasteiger partial charge >= 0.3 is 11.9 Å². The lowest BCUT2D eigenvalue weighted by Gasteiger charge is -2.57. The summed E-state index contributed by atoms with van der Waals surface area (Å²) in [5, 5.41) is 0. The van der Waals surface area contributed by atoms with Crippen molar-refractivity contribution in [1.82, 2.24) is 0 Å². The van der Waals surface area contributed by atoms with Crippen molar-refractivity contribution in [1.29, 1.82) is 0 Å². The highest BCUT2D eigenvalue weighted by Gasteiger charge is 2.61. The lowest BCUT2D eigenvalue weighted by molar-refractivity contribution is -0.149. The molecule has 0 N–H and O–H groups in total. The third kappa shape index (κ3) is 3.01. The van der Waals surface area contributed by atoms with Crippen molar-refractivity contribution in [2.75, 3.05) is 13.2 Å². The summed E-state index contributed by atoms with van der Waals surface area (Å²) in [6.07, 6.45) is 11.4. The van der Waals surface area contributed by atoms with E-state index < -0.39 is 0 Å². The topological polar surface area (TPSA) is 65.7 Å². The number of hydrogen-bond acceptors (Lipinski definition) is 5. The lowest BCUT2D eigenvalue weighted by atomic mass is 9.46. The first-order valence-corrected chi connectivity index (χ1v) is 9.98. The van der Waals surface area contributed by atoms with Crippen molar-refractivity contribution in [3.63, 3.8) is 0 Å². The molecule has 1 aliphatic heterocycles. The van der Waals surface area contributed by atoms with Gasteiger partial charge in [0.1, 0.15) is 6.61 Å². The number of carbonyl (C=O) groups excluding carboxylic acids is 2. The van der Waals surface area contributed by atoms with Crippen LogP contribution in [-0.4, -0.2) is 25.2 Å². The van der Waals surface area contributed by atoms with Crippen LogP contribution in [0.25, 0.3) is 0 Å². The summed E-state index contributed by atoms with van der Waals surface area (Å²) in [5.74, 6) is 0.294.